The molecule has 2 aliphatic heterocycles. The van der Waals surface area contributed by atoms with Crippen LogP contribution in [0.15, 0.2) is 30.3 Å². The van der Waals surface area contributed by atoms with Crippen molar-refractivity contribution in [3.8, 4) is 0 Å². The summed E-state index contributed by atoms with van der Waals surface area (Å²) in [6.45, 7) is 3.93. The van der Waals surface area contributed by atoms with Gasteiger partial charge < -0.3 is 9.80 Å². The molecule has 1 aromatic heterocycles. The standard InChI is InChI=1S/C23H29FN4O/c1-26(2)22-19(23(29)28-11-5-6-12-28)15-17-9-13-27(14-10-21(17)25-22)16-18-7-3-4-8-20(18)24/h3-4,7-8,15H,5-6,9-14,16H2,1-2H3. The van der Waals surface area contributed by atoms with Crippen LogP contribution >= 0.6 is 0 Å². The average molecular weight is 397 g/mol. The van der Waals surface area contributed by atoms with Gasteiger partial charge in [-0.15, -0.1) is 0 Å². The number of carbonyl (C=O) groups is 1. The summed E-state index contributed by atoms with van der Waals surface area (Å²) in [6.07, 6.45) is 3.78. The molecule has 1 aromatic carbocycles. The lowest BCUT2D eigenvalue weighted by atomic mass is 10.0. The van der Waals surface area contributed by atoms with Gasteiger partial charge in [-0.1, -0.05) is 18.2 Å². The van der Waals surface area contributed by atoms with Crippen LogP contribution in [-0.2, 0) is 19.4 Å². The molecule has 0 unspecified atom stereocenters. The molecule has 154 valence electrons. The van der Waals surface area contributed by atoms with Gasteiger partial charge in [-0.2, -0.15) is 0 Å². The highest BCUT2D eigenvalue weighted by molar-refractivity contribution is 5.99. The molecular formula is C23H29FN4O. The quantitative estimate of drug-likeness (QED) is 0.796. The minimum absolute atomic E-state index is 0.0916. The lowest BCUT2D eigenvalue weighted by Gasteiger charge is -2.22. The zero-order valence-corrected chi connectivity index (χ0v) is 17.3. The fourth-order valence-electron chi connectivity index (χ4n) is 4.28. The van der Waals surface area contributed by atoms with E-state index in [-0.39, 0.29) is 11.7 Å². The summed E-state index contributed by atoms with van der Waals surface area (Å²) in [7, 11) is 3.88. The largest absolute Gasteiger partial charge is 0.362 e. The van der Waals surface area contributed by atoms with Crippen molar-refractivity contribution in [2.45, 2.75) is 32.2 Å². The van der Waals surface area contributed by atoms with Gasteiger partial charge in [0.2, 0.25) is 0 Å². The van der Waals surface area contributed by atoms with Gasteiger partial charge in [0.25, 0.3) is 5.91 Å². The number of nitrogens with zero attached hydrogens (tertiary/aromatic N) is 4. The molecule has 1 fully saturated rings. The molecule has 29 heavy (non-hydrogen) atoms. The van der Waals surface area contributed by atoms with Crippen LogP contribution in [0.3, 0.4) is 0 Å². The molecule has 0 atom stereocenters. The molecule has 4 rings (SSSR count). The highest BCUT2D eigenvalue weighted by Crippen LogP contribution is 2.26. The zero-order valence-electron chi connectivity index (χ0n) is 17.3. The van der Waals surface area contributed by atoms with E-state index in [4.69, 9.17) is 4.98 Å². The van der Waals surface area contributed by atoms with E-state index in [1.54, 1.807) is 6.07 Å². The second-order valence-electron chi connectivity index (χ2n) is 8.23. The van der Waals surface area contributed by atoms with Crippen molar-refractivity contribution in [3.63, 3.8) is 0 Å². The number of pyridine rings is 1. The van der Waals surface area contributed by atoms with Crippen LogP contribution in [0.25, 0.3) is 0 Å². The van der Waals surface area contributed by atoms with Crippen molar-refractivity contribution in [3.05, 3.63) is 58.5 Å². The van der Waals surface area contributed by atoms with Crippen molar-refractivity contribution >= 4 is 11.7 Å². The van der Waals surface area contributed by atoms with Crippen LogP contribution in [0.2, 0.25) is 0 Å². The Bertz CT molecular complexity index is 892. The van der Waals surface area contributed by atoms with Crippen LogP contribution in [-0.4, -0.2) is 61.0 Å². The smallest absolute Gasteiger partial charge is 0.257 e. The fourth-order valence-corrected chi connectivity index (χ4v) is 4.28. The van der Waals surface area contributed by atoms with Gasteiger partial charge in [-0.3, -0.25) is 9.69 Å². The summed E-state index contributed by atoms with van der Waals surface area (Å²) < 4.78 is 14.1. The van der Waals surface area contributed by atoms with Crippen LogP contribution < -0.4 is 4.90 Å². The summed E-state index contributed by atoms with van der Waals surface area (Å²) in [5, 5.41) is 0. The Morgan fingerprint density at radius 1 is 1.10 bits per heavy atom. The fraction of sp³-hybridized carbons (Fsp3) is 0.478. The molecule has 2 aromatic rings. The molecule has 0 aliphatic carbocycles. The molecule has 3 heterocycles. The van der Waals surface area contributed by atoms with E-state index in [9.17, 15) is 9.18 Å². The normalized spacial score (nSPS) is 17.1. The summed E-state index contributed by atoms with van der Waals surface area (Å²) >= 11 is 0. The van der Waals surface area contributed by atoms with E-state index in [0.717, 1.165) is 74.5 Å². The monoisotopic (exact) mass is 396 g/mol. The number of anilines is 1. The Morgan fingerprint density at radius 3 is 2.55 bits per heavy atom. The third-order valence-electron chi connectivity index (χ3n) is 5.93. The van der Waals surface area contributed by atoms with E-state index in [1.807, 2.05) is 36.0 Å². The molecule has 1 saturated heterocycles. The summed E-state index contributed by atoms with van der Waals surface area (Å²) in [5.41, 5.74) is 3.64. The molecule has 0 N–H and O–H groups in total. The number of hydrogen-bond acceptors (Lipinski definition) is 4. The third kappa shape index (κ3) is 4.27. The lowest BCUT2D eigenvalue weighted by Crippen LogP contribution is -2.30. The predicted octanol–water partition coefficient (Wildman–Crippen LogP) is 3.12. The molecule has 0 radical (unpaired) electrons. The van der Waals surface area contributed by atoms with E-state index in [2.05, 4.69) is 11.0 Å². The first-order valence-corrected chi connectivity index (χ1v) is 10.5. The maximum absolute atomic E-state index is 14.1. The van der Waals surface area contributed by atoms with Gasteiger partial charge in [0.1, 0.15) is 11.6 Å². The molecule has 0 saturated carbocycles. The highest BCUT2D eigenvalue weighted by Gasteiger charge is 2.26. The first-order valence-electron chi connectivity index (χ1n) is 10.5. The average Bonchev–Trinajstić information content (AvgIpc) is 3.18. The maximum atomic E-state index is 14.1. The van der Waals surface area contributed by atoms with E-state index < -0.39 is 0 Å². The Hall–Kier alpha value is -2.47. The first kappa shape index (κ1) is 19.8. The van der Waals surface area contributed by atoms with Crippen molar-refractivity contribution < 1.29 is 9.18 Å². The topological polar surface area (TPSA) is 39.7 Å². The second kappa shape index (κ2) is 8.49. The summed E-state index contributed by atoms with van der Waals surface area (Å²) in [4.78, 5) is 24.1. The Morgan fingerprint density at radius 2 is 1.83 bits per heavy atom. The zero-order chi connectivity index (χ0) is 20.4. The van der Waals surface area contributed by atoms with Gasteiger partial charge >= 0.3 is 0 Å². The van der Waals surface area contributed by atoms with Gasteiger partial charge in [0, 0.05) is 64.5 Å². The Kier molecular flexibility index (Phi) is 5.81. The second-order valence-corrected chi connectivity index (χ2v) is 8.23. The maximum Gasteiger partial charge on any atom is 0.257 e. The number of benzene rings is 1. The number of likely N-dealkylation sites (tertiary alicyclic amines) is 1. The lowest BCUT2D eigenvalue weighted by molar-refractivity contribution is 0.0793. The summed E-state index contributed by atoms with van der Waals surface area (Å²) in [5.74, 6) is 0.693. The predicted molar refractivity (Wildman–Crippen MR) is 113 cm³/mol. The van der Waals surface area contributed by atoms with Crippen molar-refractivity contribution in [2.75, 3.05) is 45.2 Å². The Labute approximate surface area is 172 Å². The molecule has 1 amide bonds. The molecule has 6 heteroatoms. The number of fused-ring (bicyclic) bond motifs is 1. The van der Waals surface area contributed by atoms with Gasteiger partial charge in [-0.05, 0) is 37.0 Å². The number of hydrogen-bond donors (Lipinski definition) is 0. The Balaban J connectivity index is 1.56. The number of carbonyl (C=O) groups excluding carboxylic acids is 1. The number of halogens is 1. The molecule has 0 spiro atoms. The van der Waals surface area contributed by atoms with Crippen LogP contribution in [0.1, 0.15) is 40.0 Å². The number of aromatic nitrogens is 1. The molecular weight excluding hydrogens is 367 g/mol. The number of rotatable bonds is 4. The minimum atomic E-state index is -0.152. The van der Waals surface area contributed by atoms with Gasteiger partial charge in [0.05, 0.1) is 5.56 Å². The first-order chi connectivity index (χ1) is 14.0. The SMILES string of the molecule is CN(C)c1nc2c(cc1C(=O)N1CCCC1)CCN(Cc1ccccc1F)CC2. The van der Waals surface area contributed by atoms with Gasteiger partial charge in [-0.25, -0.2) is 9.37 Å². The van der Waals surface area contributed by atoms with E-state index >= 15 is 0 Å². The van der Waals surface area contributed by atoms with Crippen LogP contribution in [0.4, 0.5) is 10.2 Å². The third-order valence-corrected chi connectivity index (χ3v) is 5.93. The van der Waals surface area contributed by atoms with Gasteiger partial charge in [0.15, 0.2) is 0 Å². The molecule has 5 nitrogen and oxygen atoms in total. The minimum Gasteiger partial charge on any atom is -0.362 e. The van der Waals surface area contributed by atoms with Crippen molar-refractivity contribution in [2.24, 2.45) is 0 Å². The number of amides is 1. The van der Waals surface area contributed by atoms with Crippen LogP contribution in [0.5, 0.6) is 0 Å². The van der Waals surface area contributed by atoms with Crippen LogP contribution in [0, 0.1) is 5.82 Å². The van der Waals surface area contributed by atoms with Crippen molar-refractivity contribution in [1.29, 1.82) is 0 Å². The highest BCUT2D eigenvalue weighted by atomic mass is 19.1. The molecule has 0 bridgehead atoms. The van der Waals surface area contributed by atoms with E-state index in [0.29, 0.717) is 12.1 Å². The van der Waals surface area contributed by atoms with Crippen molar-refractivity contribution in [1.82, 2.24) is 14.8 Å². The molecule has 2 aliphatic rings. The summed E-state index contributed by atoms with van der Waals surface area (Å²) in [6, 6.07) is 9.03. The van der Waals surface area contributed by atoms with E-state index in [1.165, 1.54) is 6.07 Å².